The van der Waals surface area contributed by atoms with Crippen LogP contribution in [0.2, 0.25) is 5.02 Å². The molecule has 1 atom stereocenters. The minimum atomic E-state index is -3.94. The van der Waals surface area contributed by atoms with Crippen LogP contribution in [0.3, 0.4) is 0 Å². The van der Waals surface area contributed by atoms with Gasteiger partial charge in [-0.05, 0) is 48.6 Å². The van der Waals surface area contributed by atoms with Gasteiger partial charge in [0.05, 0.1) is 19.7 Å². The van der Waals surface area contributed by atoms with Gasteiger partial charge in [0.2, 0.25) is 15.9 Å². The molecule has 0 fully saturated rings. The average Bonchev–Trinajstić information content (AvgIpc) is 2.68. The average molecular weight is 423 g/mol. The van der Waals surface area contributed by atoms with Gasteiger partial charge in [0.15, 0.2) is 0 Å². The summed E-state index contributed by atoms with van der Waals surface area (Å²) in [6, 6.07) is 12.3. The van der Waals surface area contributed by atoms with Crippen molar-refractivity contribution < 1.29 is 17.9 Å². The van der Waals surface area contributed by atoms with Crippen molar-refractivity contribution in [2.24, 2.45) is 0 Å². The molecule has 28 heavy (non-hydrogen) atoms. The van der Waals surface area contributed by atoms with E-state index >= 15 is 0 Å². The van der Waals surface area contributed by atoms with E-state index in [1.54, 1.807) is 6.07 Å². The third-order valence-electron chi connectivity index (χ3n) is 4.88. The Hall–Kier alpha value is -2.09. The Balaban J connectivity index is 1.74. The summed E-state index contributed by atoms with van der Waals surface area (Å²) in [7, 11) is -1.19. The predicted molar refractivity (Wildman–Crippen MR) is 108 cm³/mol. The fraction of sp³-hybridized carbons (Fsp3) is 0.350. The number of rotatable bonds is 6. The van der Waals surface area contributed by atoms with Crippen molar-refractivity contribution in [3.8, 4) is 5.75 Å². The van der Waals surface area contributed by atoms with Crippen molar-refractivity contribution in [1.29, 1.82) is 0 Å². The largest absolute Gasteiger partial charge is 0.495 e. The Kier molecular flexibility index (Phi) is 6.27. The van der Waals surface area contributed by atoms with E-state index in [4.69, 9.17) is 16.3 Å². The SMILES string of the molecule is COc1ccc(Cl)cc1S(=O)(=O)N(C)CC(=O)N[C@H]1CCCc2ccccc21. The van der Waals surface area contributed by atoms with E-state index in [1.807, 2.05) is 18.2 Å². The molecular weight excluding hydrogens is 400 g/mol. The van der Waals surface area contributed by atoms with Gasteiger partial charge < -0.3 is 10.1 Å². The molecule has 8 heteroatoms. The summed E-state index contributed by atoms with van der Waals surface area (Å²) in [6.45, 7) is -0.295. The normalized spacial score (nSPS) is 16.5. The fourth-order valence-corrected chi connectivity index (χ4v) is 4.99. The van der Waals surface area contributed by atoms with Crippen molar-refractivity contribution in [2.45, 2.75) is 30.2 Å². The predicted octanol–water partition coefficient (Wildman–Crippen LogP) is 3.16. The van der Waals surface area contributed by atoms with Crippen LogP contribution in [-0.4, -0.2) is 39.3 Å². The molecule has 6 nitrogen and oxygen atoms in total. The van der Waals surface area contributed by atoms with Gasteiger partial charge in [-0.15, -0.1) is 0 Å². The maximum atomic E-state index is 12.9. The first-order valence-corrected chi connectivity index (χ1v) is 10.8. The molecule has 1 aliphatic rings. The number of carbonyl (C=O) groups is 1. The summed E-state index contributed by atoms with van der Waals surface area (Å²) in [4.78, 5) is 12.5. The molecule has 150 valence electrons. The highest BCUT2D eigenvalue weighted by Gasteiger charge is 2.28. The fourth-order valence-electron chi connectivity index (χ4n) is 3.45. The second kappa shape index (κ2) is 8.51. The van der Waals surface area contributed by atoms with Crippen LogP contribution in [0.25, 0.3) is 0 Å². The first-order valence-electron chi connectivity index (χ1n) is 9.00. The summed E-state index contributed by atoms with van der Waals surface area (Å²) in [5.41, 5.74) is 2.33. The molecule has 0 aromatic heterocycles. The number of benzene rings is 2. The maximum absolute atomic E-state index is 12.9. The van der Waals surface area contributed by atoms with Crippen molar-refractivity contribution in [2.75, 3.05) is 20.7 Å². The van der Waals surface area contributed by atoms with Crippen molar-refractivity contribution in [1.82, 2.24) is 9.62 Å². The number of halogens is 1. The zero-order valence-corrected chi connectivity index (χ0v) is 17.4. The maximum Gasteiger partial charge on any atom is 0.247 e. The van der Waals surface area contributed by atoms with Crippen LogP contribution in [0.15, 0.2) is 47.4 Å². The van der Waals surface area contributed by atoms with Gasteiger partial charge in [-0.1, -0.05) is 35.9 Å². The molecule has 0 heterocycles. The van der Waals surface area contributed by atoms with Gasteiger partial charge in [0.1, 0.15) is 10.6 Å². The van der Waals surface area contributed by atoms with E-state index in [9.17, 15) is 13.2 Å². The van der Waals surface area contributed by atoms with Crippen LogP contribution in [-0.2, 0) is 21.2 Å². The molecule has 0 bridgehead atoms. The Morgan fingerprint density at radius 1 is 1.29 bits per heavy atom. The van der Waals surface area contributed by atoms with Gasteiger partial charge in [0.25, 0.3) is 0 Å². The van der Waals surface area contributed by atoms with E-state index < -0.39 is 10.0 Å². The number of likely N-dealkylation sites (N-methyl/N-ethyl adjacent to an activating group) is 1. The van der Waals surface area contributed by atoms with Crippen LogP contribution in [0.4, 0.5) is 0 Å². The lowest BCUT2D eigenvalue weighted by Gasteiger charge is -2.27. The number of ether oxygens (including phenoxy) is 1. The van der Waals surface area contributed by atoms with Crippen LogP contribution >= 0.6 is 11.6 Å². The summed E-state index contributed by atoms with van der Waals surface area (Å²) >= 11 is 5.95. The number of amides is 1. The summed E-state index contributed by atoms with van der Waals surface area (Å²) in [5, 5.41) is 3.24. The smallest absolute Gasteiger partial charge is 0.247 e. The number of methoxy groups -OCH3 is 1. The number of hydrogen-bond acceptors (Lipinski definition) is 4. The zero-order chi connectivity index (χ0) is 20.3. The number of fused-ring (bicyclic) bond motifs is 1. The highest BCUT2D eigenvalue weighted by atomic mass is 35.5. The number of nitrogens with zero attached hydrogens (tertiary/aromatic N) is 1. The van der Waals surface area contributed by atoms with Crippen LogP contribution in [0, 0.1) is 0 Å². The van der Waals surface area contributed by atoms with Crippen LogP contribution in [0.1, 0.15) is 30.0 Å². The van der Waals surface area contributed by atoms with E-state index in [0.717, 1.165) is 29.1 Å². The molecule has 0 radical (unpaired) electrons. The minimum Gasteiger partial charge on any atom is -0.495 e. The van der Waals surface area contributed by atoms with Crippen molar-refractivity contribution in [3.63, 3.8) is 0 Å². The molecule has 0 saturated carbocycles. The molecule has 0 aliphatic heterocycles. The number of hydrogen-bond donors (Lipinski definition) is 1. The van der Waals surface area contributed by atoms with Crippen molar-refractivity contribution >= 4 is 27.5 Å². The molecule has 0 unspecified atom stereocenters. The number of nitrogens with one attached hydrogen (secondary N) is 1. The molecule has 0 spiro atoms. The third-order valence-corrected chi connectivity index (χ3v) is 6.94. The molecule has 1 aliphatic carbocycles. The van der Waals surface area contributed by atoms with Gasteiger partial charge in [-0.25, -0.2) is 8.42 Å². The number of carbonyl (C=O) groups excluding carboxylic acids is 1. The van der Waals surface area contributed by atoms with Gasteiger partial charge >= 0.3 is 0 Å². The molecule has 0 saturated heterocycles. The molecule has 3 rings (SSSR count). The summed E-state index contributed by atoms with van der Waals surface area (Å²) in [6.07, 6.45) is 2.81. The minimum absolute atomic E-state index is 0.0687. The standard InChI is InChI=1S/C20H23ClN2O4S/c1-23(28(25,26)19-12-15(21)10-11-18(19)27-2)13-20(24)22-17-9-5-7-14-6-3-4-8-16(14)17/h3-4,6,8,10-12,17H,5,7,9,13H2,1-2H3,(H,22,24)/t17-/m0/s1. The Morgan fingerprint density at radius 3 is 2.79 bits per heavy atom. The lowest BCUT2D eigenvalue weighted by molar-refractivity contribution is -0.122. The Morgan fingerprint density at radius 2 is 2.04 bits per heavy atom. The molecule has 1 N–H and O–H groups in total. The molecule has 2 aromatic rings. The topological polar surface area (TPSA) is 75.7 Å². The lowest BCUT2D eigenvalue weighted by atomic mass is 9.88. The third kappa shape index (κ3) is 4.32. The molecule has 1 amide bonds. The summed E-state index contributed by atoms with van der Waals surface area (Å²) in [5.74, 6) is -0.174. The van der Waals surface area contributed by atoms with E-state index in [-0.39, 0.29) is 34.2 Å². The Bertz CT molecular complexity index is 978. The van der Waals surface area contributed by atoms with Crippen LogP contribution in [0.5, 0.6) is 5.75 Å². The second-order valence-corrected chi connectivity index (χ2v) is 9.22. The molecular formula is C20H23ClN2O4S. The van der Waals surface area contributed by atoms with Crippen LogP contribution < -0.4 is 10.1 Å². The number of sulfonamides is 1. The van der Waals surface area contributed by atoms with E-state index in [1.165, 1.54) is 31.9 Å². The first-order chi connectivity index (χ1) is 13.3. The highest BCUT2D eigenvalue weighted by molar-refractivity contribution is 7.89. The van der Waals surface area contributed by atoms with Gasteiger partial charge in [-0.3, -0.25) is 4.79 Å². The second-order valence-electron chi connectivity index (χ2n) is 6.77. The Labute approximate surface area is 170 Å². The van der Waals surface area contributed by atoms with Gasteiger partial charge in [0, 0.05) is 12.1 Å². The van der Waals surface area contributed by atoms with E-state index in [2.05, 4.69) is 11.4 Å². The highest BCUT2D eigenvalue weighted by Crippen LogP contribution is 2.30. The number of aryl methyl sites for hydroxylation is 1. The summed E-state index contributed by atoms with van der Waals surface area (Å²) < 4.78 is 31.9. The first kappa shape index (κ1) is 20.6. The van der Waals surface area contributed by atoms with Gasteiger partial charge in [-0.2, -0.15) is 4.31 Å². The molecule has 2 aromatic carbocycles. The monoisotopic (exact) mass is 422 g/mol. The quantitative estimate of drug-likeness (QED) is 0.775. The van der Waals surface area contributed by atoms with E-state index in [0.29, 0.717) is 0 Å². The lowest BCUT2D eigenvalue weighted by Crippen LogP contribution is -2.40. The zero-order valence-electron chi connectivity index (χ0n) is 15.8. The van der Waals surface area contributed by atoms with Crippen molar-refractivity contribution in [3.05, 3.63) is 58.6 Å².